The Labute approximate surface area is 81.0 Å². The zero-order chi connectivity index (χ0) is 9.26. The predicted octanol–water partition coefficient (Wildman–Crippen LogP) is 3.69. The number of rotatable bonds is 2. The lowest BCUT2D eigenvalue weighted by atomic mass is 10.00. The number of aryl methyl sites for hydroxylation is 2. The van der Waals surface area contributed by atoms with E-state index in [9.17, 15) is 0 Å². The molecule has 1 unspecified atom stereocenters. The monoisotopic (exact) mass is 174 g/mol. The maximum Gasteiger partial charge on any atom is -0.0184 e. The van der Waals surface area contributed by atoms with E-state index in [4.69, 9.17) is 0 Å². The summed E-state index contributed by atoms with van der Waals surface area (Å²) in [5.74, 6) is 0.797. The van der Waals surface area contributed by atoms with Gasteiger partial charge in [0.25, 0.3) is 0 Å². The van der Waals surface area contributed by atoms with Crippen LogP contribution in [0.1, 0.15) is 49.3 Å². The first-order chi connectivity index (χ1) is 6.31. The first-order valence-corrected chi connectivity index (χ1v) is 5.43. The zero-order valence-electron chi connectivity index (χ0n) is 8.64. The summed E-state index contributed by atoms with van der Waals surface area (Å²) in [4.78, 5) is 0. The highest BCUT2D eigenvalue weighted by Gasteiger charge is 2.17. The van der Waals surface area contributed by atoms with Crippen molar-refractivity contribution in [1.29, 1.82) is 0 Å². The van der Waals surface area contributed by atoms with Crippen molar-refractivity contribution >= 4 is 0 Å². The highest BCUT2D eigenvalue weighted by Crippen LogP contribution is 2.33. The molecule has 1 aromatic rings. The minimum Gasteiger partial charge on any atom is -0.0651 e. The molecule has 0 fully saturated rings. The van der Waals surface area contributed by atoms with E-state index in [-0.39, 0.29) is 0 Å². The summed E-state index contributed by atoms with van der Waals surface area (Å²) in [6.45, 7) is 4.58. The molecule has 0 bridgehead atoms. The molecular formula is C13H18. The largest absolute Gasteiger partial charge is 0.0651 e. The molecule has 0 N–H and O–H groups in total. The van der Waals surface area contributed by atoms with Crippen LogP contribution in [0.25, 0.3) is 0 Å². The smallest absolute Gasteiger partial charge is 0.0184 e. The second kappa shape index (κ2) is 3.53. The summed E-state index contributed by atoms with van der Waals surface area (Å²) < 4.78 is 0. The summed E-state index contributed by atoms with van der Waals surface area (Å²) in [6, 6.07) is 7.07. The van der Waals surface area contributed by atoms with Gasteiger partial charge in [-0.3, -0.25) is 0 Å². The van der Waals surface area contributed by atoms with E-state index in [0.717, 1.165) is 5.92 Å². The van der Waals surface area contributed by atoms with Gasteiger partial charge in [0.2, 0.25) is 0 Å². The maximum atomic E-state index is 2.42. The number of benzene rings is 1. The summed E-state index contributed by atoms with van der Waals surface area (Å²) in [5, 5.41) is 0. The number of hydrogen-bond acceptors (Lipinski definition) is 0. The average molecular weight is 174 g/mol. The van der Waals surface area contributed by atoms with Crippen molar-refractivity contribution < 1.29 is 0 Å². The fraction of sp³-hybridized carbons (Fsp3) is 0.538. The number of hydrogen-bond donors (Lipinski definition) is 0. The van der Waals surface area contributed by atoms with Crippen LogP contribution in [0.3, 0.4) is 0 Å². The van der Waals surface area contributed by atoms with E-state index in [1.54, 1.807) is 11.1 Å². The van der Waals surface area contributed by atoms with Gasteiger partial charge < -0.3 is 0 Å². The average Bonchev–Trinajstić information content (AvgIpc) is 2.48. The Kier molecular flexibility index (Phi) is 2.39. The molecule has 1 atom stereocenters. The van der Waals surface area contributed by atoms with Crippen molar-refractivity contribution in [3.05, 3.63) is 34.9 Å². The quantitative estimate of drug-likeness (QED) is 0.641. The van der Waals surface area contributed by atoms with Crippen LogP contribution in [0.2, 0.25) is 0 Å². The van der Waals surface area contributed by atoms with E-state index < -0.39 is 0 Å². The Morgan fingerprint density at radius 3 is 3.00 bits per heavy atom. The molecule has 1 aliphatic carbocycles. The third-order valence-corrected chi connectivity index (χ3v) is 3.12. The van der Waals surface area contributed by atoms with E-state index in [1.165, 1.54) is 31.2 Å². The third kappa shape index (κ3) is 1.63. The van der Waals surface area contributed by atoms with Crippen LogP contribution < -0.4 is 0 Å². The second-order valence-electron chi connectivity index (χ2n) is 4.22. The first-order valence-electron chi connectivity index (χ1n) is 5.43. The molecular weight excluding hydrogens is 156 g/mol. The lowest BCUT2D eigenvalue weighted by Gasteiger charge is -2.06. The third-order valence-electron chi connectivity index (χ3n) is 3.12. The summed E-state index contributed by atoms with van der Waals surface area (Å²) >= 11 is 0. The van der Waals surface area contributed by atoms with Crippen molar-refractivity contribution in [2.45, 2.75) is 45.4 Å². The van der Waals surface area contributed by atoms with Crippen LogP contribution >= 0.6 is 0 Å². The van der Waals surface area contributed by atoms with Crippen LogP contribution in [0, 0.1) is 0 Å². The van der Waals surface area contributed by atoms with Crippen LogP contribution in [-0.2, 0) is 12.8 Å². The summed E-state index contributed by atoms with van der Waals surface area (Å²) in [5.41, 5.74) is 4.73. The van der Waals surface area contributed by atoms with E-state index >= 15 is 0 Å². The van der Waals surface area contributed by atoms with E-state index in [2.05, 4.69) is 32.0 Å². The molecule has 0 aromatic heterocycles. The zero-order valence-corrected chi connectivity index (χ0v) is 8.64. The van der Waals surface area contributed by atoms with Crippen molar-refractivity contribution in [2.24, 2.45) is 0 Å². The van der Waals surface area contributed by atoms with E-state index in [0.29, 0.717) is 0 Å². The Morgan fingerprint density at radius 2 is 2.23 bits per heavy atom. The first kappa shape index (κ1) is 8.80. The molecule has 0 saturated heterocycles. The van der Waals surface area contributed by atoms with Gasteiger partial charge >= 0.3 is 0 Å². The van der Waals surface area contributed by atoms with Crippen molar-refractivity contribution in [3.63, 3.8) is 0 Å². The molecule has 70 valence electrons. The SMILES string of the molecule is CCCc1ccc2c(c1)CCC2C. The predicted molar refractivity (Wildman–Crippen MR) is 57.2 cm³/mol. The topological polar surface area (TPSA) is 0 Å². The molecule has 0 saturated carbocycles. The maximum absolute atomic E-state index is 2.42. The van der Waals surface area contributed by atoms with Gasteiger partial charge in [0.15, 0.2) is 0 Å². The highest BCUT2D eigenvalue weighted by molar-refractivity contribution is 5.37. The Balaban J connectivity index is 2.29. The normalized spacial score (nSPS) is 20.3. The minimum atomic E-state index is 0.797. The molecule has 1 aliphatic rings. The van der Waals surface area contributed by atoms with E-state index in [1.807, 2.05) is 0 Å². The van der Waals surface area contributed by atoms with Gasteiger partial charge in [0.05, 0.1) is 0 Å². The van der Waals surface area contributed by atoms with Crippen molar-refractivity contribution in [1.82, 2.24) is 0 Å². The molecule has 0 aliphatic heterocycles. The highest BCUT2D eigenvalue weighted by atomic mass is 14.2. The molecule has 0 heterocycles. The van der Waals surface area contributed by atoms with Gasteiger partial charge in [-0.25, -0.2) is 0 Å². The molecule has 2 rings (SSSR count). The summed E-state index contributed by atoms with van der Waals surface area (Å²) in [7, 11) is 0. The van der Waals surface area contributed by atoms with Crippen molar-refractivity contribution in [3.8, 4) is 0 Å². The fourth-order valence-electron chi connectivity index (χ4n) is 2.33. The lowest BCUT2D eigenvalue weighted by molar-refractivity contribution is 0.747. The van der Waals surface area contributed by atoms with Gasteiger partial charge in [0, 0.05) is 0 Å². The Morgan fingerprint density at radius 1 is 1.38 bits per heavy atom. The van der Waals surface area contributed by atoms with Gasteiger partial charge in [-0.05, 0) is 41.9 Å². The molecule has 0 nitrogen and oxygen atoms in total. The van der Waals surface area contributed by atoms with Crippen LogP contribution in [-0.4, -0.2) is 0 Å². The second-order valence-corrected chi connectivity index (χ2v) is 4.22. The number of fused-ring (bicyclic) bond motifs is 1. The summed E-state index contributed by atoms with van der Waals surface area (Å²) in [6.07, 6.45) is 5.15. The molecule has 1 aromatic carbocycles. The molecule has 13 heavy (non-hydrogen) atoms. The van der Waals surface area contributed by atoms with Crippen LogP contribution in [0.5, 0.6) is 0 Å². The Hall–Kier alpha value is -0.780. The van der Waals surface area contributed by atoms with Crippen LogP contribution in [0.4, 0.5) is 0 Å². The molecule has 0 amide bonds. The minimum absolute atomic E-state index is 0.797. The lowest BCUT2D eigenvalue weighted by Crippen LogP contribution is -1.89. The Bertz CT molecular complexity index is 299. The van der Waals surface area contributed by atoms with Gasteiger partial charge in [-0.15, -0.1) is 0 Å². The van der Waals surface area contributed by atoms with Crippen molar-refractivity contribution in [2.75, 3.05) is 0 Å². The van der Waals surface area contributed by atoms with Gasteiger partial charge in [0.1, 0.15) is 0 Å². The fourth-order valence-corrected chi connectivity index (χ4v) is 2.33. The molecule has 0 radical (unpaired) electrons. The van der Waals surface area contributed by atoms with Gasteiger partial charge in [-0.1, -0.05) is 38.5 Å². The van der Waals surface area contributed by atoms with Crippen LogP contribution in [0.15, 0.2) is 18.2 Å². The molecule has 0 heteroatoms. The molecule has 0 spiro atoms. The standard InChI is InChI=1S/C13H18/c1-3-4-11-6-8-13-10(2)5-7-12(13)9-11/h6,8-10H,3-5,7H2,1-2H3. The van der Waals surface area contributed by atoms with Gasteiger partial charge in [-0.2, -0.15) is 0 Å².